The molecule has 0 aromatic carbocycles. The third-order valence-corrected chi connectivity index (χ3v) is 3.26. The Bertz CT molecular complexity index is 498. The molecule has 0 N–H and O–H groups in total. The highest BCUT2D eigenvalue weighted by Crippen LogP contribution is 2.21. The van der Waals surface area contributed by atoms with Gasteiger partial charge in [0.25, 0.3) is 0 Å². The summed E-state index contributed by atoms with van der Waals surface area (Å²) >= 11 is 1.44. The Morgan fingerprint density at radius 1 is 1.59 bits per heavy atom. The first-order chi connectivity index (χ1) is 8.20. The van der Waals surface area contributed by atoms with Crippen molar-refractivity contribution in [2.45, 2.75) is 6.54 Å². The van der Waals surface area contributed by atoms with Gasteiger partial charge in [-0.1, -0.05) is 11.8 Å². The minimum absolute atomic E-state index is 0.243. The summed E-state index contributed by atoms with van der Waals surface area (Å²) in [6, 6.07) is 0.750. The molecule has 0 atom stereocenters. The van der Waals surface area contributed by atoms with E-state index in [2.05, 4.69) is 9.98 Å². The number of aromatic nitrogens is 1. The van der Waals surface area contributed by atoms with Gasteiger partial charge in [-0.15, -0.1) is 4.99 Å². The first-order valence-corrected chi connectivity index (χ1v) is 5.83. The van der Waals surface area contributed by atoms with Gasteiger partial charge in [-0.3, -0.25) is 0 Å². The molecule has 4 nitrogen and oxygen atoms in total. The normalized spacial score (nSPS) is 17.5. The minimum atomic E-state index is -0.840. The third kappa shape index (κ3) is 2.71. The van der Waals surface area contributed by atoms with E-state index in [9.17, 15) is 8.78 Å². The lowest BCUT2D eigenvalue weighted by Crippen LogP contribution is -2.24. The van der Waals surface area contributed by atoms with Gasteiger partial charge in [0.05, 0.1) is 0 Å². The molecule has 2 heterocycles. The Balaban J connectivity index is 2.16. The van der Waals surface area contributed by atoms with Gasteiger partial charge in [-0.25, -0.2) is 9.37 Å². The summed E-state index contributed by atoms with van der Waals surface area (Å²) in [6.45, 7) is 0.925. The van der Waals surface area contributed by atoms with Crippen molar-refractivity contribution < 1.29 is 8.78 Å². The molecular formula is C10H8F2N4S. The lowest BCUT2D eigenvalue weighted by atomic mass is 10.2. The fraction of sp³-hybridized carbons (Fsp3) is 0.300. The molecule has 0 radical (unpaired) electrons. The summed E-state index contributed by atoms with van der Waals surface area (Å²) in [6.07, 6.45) is 2.87. The Kier molecular flexibility index (Phi) is 3.54. The number of nitrogens with zero attached hydrogens (tertiary/aromatic N) is 4. The van der Waals surface area contributed by atoms with E-state index in [0.717, 1.165) is 18.0 Å². The molecule has 1 aromatic rings. The number of rotatable bonds is 2. The molecule has 1 aliphatic heterocycles. The van der Waals surface area contributed by atoms with Crippen LogP contribution in [0.15, 0.2) is 17.3 Å². The molecule has 2 rings (SSSR count). The molecule has 0 amide bonds. The molecule has 0 saturated carbocycles. The fourth-order valence-corrected chi connectivity index (χ4v) is 2.42. The summed E-state index contributed by atoms with van der Waals surface area (Å²) in [5.74, 6) is -0.671. The Hall–Kier alpha value is -1.68. The van der Waals surface area contributed by atoms with Crippen LogP contribution in [0.25, 0.3) is 0 Å². The number of hydrogen-bond donors (Lipinski definition) is 0. The highest BCUT2D eigenvalue weighted by Gasteiger charge is 2.21. The second-order valence-corrected chi connectivity index (χ2v) is 4.42. The predicted octanol–water partition coefficient (Wildman–Crippen LogP) is 1.75. The summed E-state index contributed by atoms with van der Waals surface area (Å²) < 4.78 is 26.0. The van der Waals surface area contributed by atoms with E-state index in [0.29, 0.717) is 17.3 Å². The third-order valence-electron chi connectivity index (χ3n) is 2.27. The van der Waals surface area contributed by atoms with Crippen molar-refractivity contribution in [3.63, 3.8) is 0 Å². The van der Waals surface area contributed by atoms with Gasteiger partial charge in [0.1, 0.15) is 5.82 Å². The lowest BCUT2D eigenvalue weighted by molar-refractivity contribution is 0.438. The van der Waals surface area contributed by atoms with Crippen LogP contribution < -0.4 is 0 Å². The standard InChI is InChI=1S/C10H8F2N4S/c11-8-3-9(12)14-4-7(8)5-16-1-2-17-10(16)15-6-13/h3-4H,1-2,5H2. The summed E-state index contributed by atoms with van der Waals surface area (Å²) in [5, 5.41) is 9.05. The molecule has 88 valence electrons. The summed E-state index contributed by atoms with van der Waals surface area (Å²) in [7, 11) is 0. The monoisotopic (exact) mass is 254 g/mol. The number of aliphatic imine (C=N–C) groups is 1. The number of halogens is 2. The fourth-order valence-electron chi connectivity index (χ4n) is 1.48. The quantitative estimate of drug-likeness (QED) is 0.596. The second kappa shape index (κ2) is 5.10. The largest absolute Gasteiger partial charge is 0.345 e. The van der Waals surface area contributed by atoms with Crippen LogP contribution in [-0.2, 0) is 6.54 Å². The Morgan fingerprint density at radius 2 is 2.41 bits per heavy atom. The smallest absolute Gasteiger partial charge is 0.215 e. The lowest BCUT2D eigenvalue weighted by Gasteiger charge is -2.16. The van der Waals surface area contributed by atoms with Gasteiger partial charge in [-0.05, 0) is 0 Å². The van der Waals surface area contributed by atoms with E-state index in [1.807, 2.05) is 0 Å². The molecule has 1 fully saturated rings. The van der Waals surface area contributed by atoms with E-state index in [4.69, 9.17) is 5.26 Å². The average molecular weight is 254 g/mol. The summed E-state index contributed by atoms with van der Waals surface area (Å²) in [5.41, 5.74) is 0.291. The molecule has 0 spiro atoms. The van der Waals surface area contributed by atoms with Crippen LogP contribution >= 0.6 is 11.8 Å². The van der Waals surface area contributed by atoms with E-state index < -0.39 is 11.8 Å². The number of thioether (sulfide) groups is 1. The maximum absolute atomic E-state index is 13.4. The van der Waals surface area contributed by atoms with Crippen LogP contribution in [0.3, 0.4) is 0 Å². The van der Waals surface area contributed by atoms with Gasteiger partial charge in [0, 0.05) is 36.7 Å². The average Bonchev–Trinajstić information content (AvgIpc) is 2.71. The predicted molar refractivity (Wildman–Crippen MR) is 60.1 cm³/mol. The zero-order chi connectivity index (χ0) is 12.3. The highest BCUT2D eigenvalue weighted by molar-refractivity contribution is 8.14. The van der Waals surface area contributed by atoms with Gasteiger partial charge < -0.3 is 4.90 Å². The van der Waals surface area contributed by atoms with Crippen molar-refractivity contribution in [3.8, 4) is 6.19 Å². The van der Waals surface area contributed by atoms with E-state index >= 15 is 0 Å². The number of nitriles is 1. The van der Waals surface area contributed by atoms with Crippen molar-refractivity contribution >= 4 is 16.9 Å². The van der Waals surface area contributed by atoms with Crippen molar-refractivity contribution in [2.75, 3.05) is 12.3 Å². The number of hydrogen-bond acceptors (Lipinski definition) is 4. The van der Waals surface area contributed by atoms with Crippen LogP contribution in [0.5, 0.6) is 0 Å². The zero-order valence-electron chi connectivity index (χ0n) is 8.73. The minimum Gasteiger partial charge on any atom is -0.345 e. The van der Waals surface area contributed by atoms with Gasteiger partial charge in [0.2, 0.25) is 12.1 Å². The topological polar surface area (TPSA) is 52.3 Å². The van der Waals surface area contributed by atoms with Crippen molar-refractivity contribution in [3.05, 3.63) is 29.6 Å². The SMILES string of the molecule is N#CN=C1SCCN1Cc1cnc(F)cc1F. The van der Waals surface area contributed by atoms with E-state index in [-0.39, 0.29) is 6.54 Å². The van der Waals surface area contributed by atoms with E-state index in [1.54, 1.807) is 11.1 Å². The maximum Gasteiger partial charge on any atom is 0.215 e. The van der Waals surface area contributed by atoms with Crippen LogP contribution in [0.4, 0.5) is 8.78 Å². The van der Waals surface area contributed by atoms with Crippen LogP contribution in [0.1, 0.15) is 5.56 Å². The molecule has 0 bridgehead atoms. The first-order valence-electron chi connectivity index (χ1n) is 4.85. The first kappa shape index (κ1) is 11.8. The molecule has 1 saturated heterocycles. The number of pyridine rings is 1. The van der Waals surface area contributed by atoms with Crippen molar-refractivity contribution in [1.29, 1.82) is 5.26 Å². The van der Waals surface area contributed by atoms with Crippen LogP contribution in [-0.4, -0.2) is 27.3 Å². The van der Waals surface area contributed by atoms with Crippen LogP contribution in [0.2, 0.25) is 0 Å². The van der Waals surface area contributed by atoms with Gasteiger partial charge in [0.15, 0.2) is 5.17 Å². The highest BCUT2D eigenvalue weighted by atomic mass is 32.2. The Labute approximate surface area is 101 Å². The maximum atomic E-state index is 13.4. The summed E-state index contributed by atoms with van der Waals surface area (Å²) in [4.78, 5) is 8.82. The molecule has 7 heteroatoms. The number of amidine groups is 1. The molecule has 0 aliphatic carbocycles. The van der Waals surface area contributed by atoms with E-state index in [1.165, 1.54) is 11.8 Å². The molecule has 1 aliphatic rings. The van der Waals surface area contributed by atoms with Gasteiger partial charge >= 0.3 is 0 Å². The van der Waals surface area contributed by atoms with Crippen molar-refractivity contribution in [1.82, 2.24) is 9.88 Å². The van der Waals surface area contributed by atoms with Gasteiger partial charge in [-0.2, -0.15) is 9.65 Å². The van der Waals surface area contributed by atoms with Crippen LogP contribution in [0, 0.1) is 23.2 Å². The van der Waals surface area contributed by atoms with Crippen molar-refractivity contribution in [2.24, 2.45) is 4.99 Å². The second-order valence-electron chi connectivity index (χ2n) is 3.36. The molecule has 1 aromatic heterocycles. The molecule has 0 unspecified atom stereocenters. The zero-order valence-corrected chi connectivity index (χ0v) is 9.55. The molecule has 17 heavy (non-hydrogen) atoms. The Morgan fingerprint density at radius 3 is 3.12 bits per heavy atom. The molecular weight excluding hydrogens is 246 g/mol.